The molecule has 1 aromatic rings. The van der Waals surface area contributed by atoms with Crippen molar-refractivity contribution in [2.75, 3.05) is 0 Å². The number of aromatic nitrogens is 2. The van der Waals surface area contributed by atoms with Gasteiger partial charge in [0.2, 0.25) is 0 Å². The zero-order chi connectivity index (χ0) is 10.9. The summed E-state index contributed by atoms with van der Waals surface area (Å²) in [4.78, 5) is 0. The molecule has 1 fully saturated rings. The molecule has 4 heteroatoms. The van der Waals surface area contributed by atoms with Crippen LogP contribution in [0.25, 0.3) is 0 Å². The van der Waals surface area contributed by atoms with Crippen molar-refractivity contribution in [2.24, 2.45) is 5.41 Å². The Morgan fingerprint density at radius 1 is 1.47 bits per heavy atom. The van der Waals surface area contributed by atoms with Gasteiger partial charge in [-0.25, -0.2) is 0 Å². The van der Waals surface area contributed by atoms with Gasteiger partial charge in [-0.15, -0.1) is 21.5 Å². The van der Waals surface area contributed by atoms with Gasteiger partial charge in [0.1, 0.15) is 10.0 Å². The highest BCUT2D eigenvalue weighted by molar-refractivity contribution is 7.11. The molecule has 1 saturated carbocycles. The molecule has 15 heavy (non-hydrogen) atoms. The molecule has 3 nitrogen and oxygen atoms in total. The van der Waals surface area contributed by atoms with Crippen LogP contribution < -0.4 is 5.32 Å². The van der Waals surface area contributed by atoms with E-state index in [0.29, 0.717) is 11.5 Å². The summed E-state index contributed by atoms with van der Waals surface area (Å²) in [6.07, 6.45) is 3.98. The van der Waals surface area contributed by atoms with Crippen LogP contribution in [0.15, 0.2) is 0 Å². The molecular formula is C11H19N3S. The van der Waals surface area contributed by atoms with Crippen molar-refractivity contribution >= 4 is 11.3 Å². The van der Waals surface area contributed by atoms with E-state index in [1.807, 2.05) is 6.92 Å². The molecule has 0 amide bonds. The Hall–Kier alpha value is -0.480. The zero-order valence-corrected chi connectivity index (χ0v) is 10.5. The molecule has 0 bridgehead atoms. The van der Waals surface area contributed by atoms with E-state index in [0.717, 1.165) is 16.6 Å². The Morgan fingerprint density at radius 3 is 2.80 bits per heavy atom. The third kappa shape index (κ3) is 2.55. The van der Waals surface area contributed by atoms with E-state index in [1.165, 1.54) is 19.3 Å². The molecular weight excluding hydrogens is 206 g/mol. The molecule has 0 radical (unpaired) electrons. The molecule has 1 heterocycles. The van der Waals surface area contributed by atoms with E-state index >= 15 is 0 Å². The predicted molar refractivity (Wildman–Crippen MR) is 62.9 cm³/mol. The van der Waals surface area contributed by atoms with Gasteiger partial charge in [0.15, 0.2) is 0 Å². The minimum absolute atomic E-state index is 0.444. The van der Waals surface area contributed by atoms with Crippen molar-refractivity contribution in [3.05, 3.63) is 10.0 Å². The quantitative estimate of drug-likeness (QED) is 0.859. The largest absolute Gasteiger partial charge is 0.307 e. The summed E-state index contributed by atoms with van der Waals surface area (Å²) in [5.74, 6) is 0. The predicted octanol–water partition coefficient (Wildman–Crippen LogP) is 2.51. The first kappa shape index (κ1) is 11.0. The summed E-state index contributed by atoms with van der Waals surface area (Å²) in [5, 5.41) is 13.9. The fourth-order valence-electron chi connectivity index (χ4n) is 2.32. The highest BCUT2D eigenvalue weighted by atomic mass is 32.1. The molecule has 0 aliphatic heterocycles. The maximum absolute atomic E-state index is 4.13. The number of hydrogen-bond acceptors (Lipinski definition) is 4. The standard InChI is InChI=1S/C11H19N3S/c1-8-13-14-10(15-8)7-12-9-5-4-6-11(9,2)3/h9,12H,4-7H2,1-3H3. The van der Waals surface area contributed by atoms with Crippen LogP contribution in [0.3, 0.4) is 0 Å². The molecule has 0 aromatic carbocycles. The lowest BCUT2D eigenvalue weighted by molar-refractivity contribution is 0.282. The number of aryl methyl sites for hydroxylation is 1. The Balaban J connectivity index is 1.88. The van der Waals surface area contributed by atoms with Gasteiger partial charge in [-0.05, 0) is 25.2 Å². The lowest BCUT2D eigenvalue weighted by atomic mass is 9.87. The van der Waals surface area contributed by atoms with Gasteiger partial charge in [0.25, 0.3) is 0 Å². The van der Waals surface area contributed by atoms with Crippen molar-refractivity contribution in [1.82, 2.24) is 15.5 Å². The van der Waals surface area contributed by atoms with Gasteiger partial charge in [0.05, 0.1) is 0 Å². The average Bonchev–Trinajstić information content (AvgIpc) is 2.69. The number of rotatable bonds is 3. The molecule has 1 atom stereocenters. The molecule has 1 aromatic heterocycles. The van der Waals surface area contributed by atoms with Crippen LogP contribution in [0.1, 0.15) is 43.1 Å². The fraction of sp³-hybridized carbons (Fsp3) is 0.818. The normalized spacial score (nSPS) is 24.6. The summed E-state index contributed by atoms with van der Waals surface area (Å²) >= 11 is 1.69. The number of nitrogens with one attached hydrogen (secondary N) is 1. The van der Waals surface area contributed by atoms with E-state index in [4.69, 9.17) is 0 Å². The molecule has 0 spiro atoms. The Kier molecular flexibility index (Phi) is 3.07. The monoisotopic (exact) mass is 225 g/mol. The summed E-state index contributed by atoms with van der Waals surface area (Å²) in [7, 11) is 0. The SMILES string of the molecule is Cc1nnc(CNC2CCCC2(C)C)s1. The smallest absolute Gasteiger partial charge is 0.131 e. The van der Waals surface area contributed by atoms with E-state index in [2.05, 4.69) is 29.4 Å². The highest BCUT2D eigenvalue weighted by Gasteiger charge is 2.33. The first-order valence-electron chi connectivity index (χ1n) is 5.60. The van der Waals surface area contributed by atoms with Gasteiger partial charge < -0.3 is 5.32 Å². The minimum Gasteiger partial charge on any atom is -0.307 e. The zero-order valence-electron chi connectivity index (χ0n) is 9.71. The van der Waals surface area contributed by atoms with Gasteiger partial charge in [-0.1, -0.05) is 20.3 Å². The summed E-state index contributed by atoms with van der Waals surface area (Å²) in [6, 6.07) is 0.640. The van der Waals surface area contributed by atoms with Crippen LogP contribution in [0.2, 0.25) is 0 Å². The molecule has 0 saturated heterocycles. The Labute approximate surface area is 95.3 Å². The first-order chi connectivity index (χ1) is 7.08. The van der Waals surface area contributed by atoms with Gasteiger partial charge >= 0.3 is 0 Å². The molecule has 1 aliphatic rings. The van der Waals surface area contributed by atoms with Crippen LogP contribution >= 0.6 is 11.3 Å². The lowest BCUT2D eigenvalue weighted by Crippen LogP contribution is -2.37. The van der Waals surface area contributed by atoms with Gasteiger partial charge in [0, 0.05) is 12.6 Å². The molecule has 1 aliphatic carbocycles. The Bertz CT molecular complexity index is 332. The van der Waals surface area contributed by atoms with E-state index in [9.17, 15) is 0 Å². The lowest BCUT2D eigenvalue weighted by Gasteiger charge is -2.27. The molecule has 1 N–H and O–H groups in total. The molecule has 1 unspecified atom stereocenters. The third-order valence-electron chi connectivity index (χ3n) is 3.32. The Morgan fingerprint density at radius 2 is 2.27 bits per heavy atom. The topological polar surface area (TPSA) is 37.8 Å². The van der Waals surface area contributed by atoms with Crippen LogP contribution in [0, 0.1) is 12.3 Å². The highest BCUT2D eigenvalue weighted by Crippen LogP contribution is 2.37. The second-order valence-electron chi connectivity index (χ2n) is 5.03. The first-order valence-corrected chi connectivity index (χ1v) is 6.42. The molecule has 84 valence electrons. The number of nitrogens with zero attached hydrogens (tertiary/aromatic N) is 2. The van der Waals surface area contributed by atoms with Crippen molar-refractivity contribution < 1.29 is 0 Å². The van der Waals surface area contributed by atoms with Crippen LogP contribution in [0.4, 0.5) is 0 Å². The number of hydrogen-bond donors (Lipinski definition) is 1. The van der Waals surface area contributed by atoms with Crippen molar-refractivity contribution in [3.63, 3.8) is 0 Å². The summed E-state index contributed by atoms with van der Waals surface area (Å²) in [6.45, 7) is 7.58. The van der Waals surface area contributed by atoms with Gasteiger partial charge in [-0.2, -0.15) is 0 Å². The summed E-state index contributed by atoms with van der Waals surface area (Å²) in [5.41, 5.74) is 0.444. The summed E-state index contributed by atoms with van der Waals surface area (Å²) < 4.78 is 0. The van der Waals surface area contributed by atoms with Crippen molar-refractivity contribution in [1.29, 1.82) is 0 Å². The van der Waals surface area contributed by atoms with Crippen molar-refractivity contribution in [2.45, 2.75) is 52.6 Å². The second kappa shape index (κ2) is 4.18. The maximum Gasteiger partial charge on any atom is 0.131 e. The average molecular weight is 225 g/mol. The third-order valence-corrected chi connectivity index (χ3v) is 4.16. The maximum atomic E-state index is 4.13. The van der Waals surface area contributed by atoms with Crippen molar-refractivity contribution in [3.8, 4) is 0 Å². The fourth-order valence-corrected chi connectivity index (χ4v) is 2.98. The minimum atomic E-state index is 0.444. The van der Waals surface area contributed by atoms with Crippen LogP contribution in [-0.4, -0.2) is 16.2 Å². The van der Waals surface area contributed by atoms with E-state index in [1.54, 1.807) is 11.3 Å². The van der Waals surface area contributed by atoms with Crippen LogP contribution in [0.5, 0.6) is 0 Å². The van der Waals surface area contributed by atoms with E-state index in [-0.39, 0.29) is 0 Å². The molecule has 2 rings (SSSR count). The van der Waals surface area contributed by atoms with Gasteiger partial charge in [-0.3, -0.25) is 0 Å². The van der Waals surface area contributed by atoms with Crippen LogP contribution in [-0.2, 0) is 6.54 Å². The van der Waals surface area contributed by atoms with E-state index < -0.39 is 0 Å². The second-order valence-corrected chi connectivity index (χ2v) is 6.30.